The monoisotopic (exact) mass is 277 g/mol. The maximum Gasteiger partial charge on any atom is 0.258 e. The molecule has 1 aliphatic rings. The second-order valence-corrected chi connectivity index (χ2v) is 5.33. The highest BCUT2D eigenvalue weighted by atomic mass is 35.5. The van der Waals surface area contributed by atoms with E-state index >= 15 is 0 Å². The van der Waals surface area contributed by atoms with Crippen LogP contribution in [0.4, 0.5) is 0 Å². The summed E-state index contributed by atoms with van der Waals surface area (Å²) in [4.78, 5) is 4.48. The standard InChI is InChI=1S/C14H16ClN3O/c1-9-5-6-10(8-11(9)15)14-17-13(18-19-14)12-4-2-3-7-16-12/h5-6,8,12,16H,2-4,7H2,1H3. The zero-order valence-corrected chi connectivity index (χ0v) is 11.6. The summed E-state index contributed by atoms with van der Waals surface area (Å²) in [6.07, 6.45) is 3.49. The molecule has 2 aromatic rings. The highest BCUT2D eigenvalue weighted by Crippen LogP contribution is 2.26. The molecule has 0 amide bonds. The van der Waals surface area contributed by atoms with E-state index in [2.05, 4.69) is 15.5 Å². The number of nitrogens with zero attached hydrogens (tertiary/aromatic N) is 2. The largest absolute Gasteiger partial charge is 0.334 e. The van der Waals surface area contributed by atoms with Gasteiger partial charge < -0.3 is 9.84 Å². The Kier molecular flexibility index (Phi) is 3.53. The van der Waals surface area contributed by atoms with Gasteiger partial charge in [0.05, 0.1) is 6.04 Å². The topological polar surface area (TPSA) is 51.0 Å². The normalized spacial score (nSPS) is 19.6. The third kappa shape index (κ3) is 2.65. The Hall–Kier alpha value is -1.39. The van der Waals surface area contributed by atoms with Crippen molar-refractivity contribution in [2.45, 2.75) is 32.2 Å². The number of benzene rings is 1. The Balaban J connectivity index is 1.85. The molecule has 0 spiro atoms. The maximum absolute atomic E-state index is 6.12. The molecule has 3 rings (SSSR count). The number of piperidine rings is 1. The van der Waals surface area contributed by atoms with Crippen LogP contribution in [0.1, 0.15) is 36.7 Å². The number of hydrogen-bond acceptors (Lipinski definition) is 4. The summed E-state index contributed by atoms with van der Waals surface area (Å²) in [5, 5.41) is 8.20. The van der Waals surface area contributed by atoms with Crippen molar-refractivity contribution in [3.05, 3.63) is 34.6 Å². The average Bonchev–Trinajstić information content (AvgIpc) is 2.93. The predicted octanol–water partition coefficient (Wildman–Crippen LogP) is 3.51. The van der Waals surface area contributed by atoms with Crippen molar-refractivity contribution >= 4 is 11.6 Å². The number of rotatable bonds is 2. The lowest BCUT2D eigenvalue weighted by Crippen LogP contribution is -2.27. The lowest BCUT2D eigenvalue weighted by atomic mass is 10.0. The second-order valence-electron chi connectivity index (χ2n) is 4.92. The van der Waals surface area contributed by atoms with Crippen LogP contribution in [-0.2, 0) is 0 Å². The van der Waals surface area contributed by atoms with Crippen LogP contribution in [0.3, 0.4) is 0 Å². The molecule has 1 atom stereocenters. The van der Waals surface area contributed by atoms with Crippen molar-refractivity contribution in [1.29, 1.82) is 0 Å². The fourth-order valence-corrected chi connectivity index (χ4v) is 2.47. The van der Waals surface area contributed by atoms with Crippen molar-refractivity contribution in [1.82, 2.24) is 15.5 Å². The van der Waals surface area contributed by atoms with Crippen LogP contribution in [0, 0.1) is 6.92 Å². The summed E-state index contributed by atoms with van der Waals surface area (Å²) in [6.45, 7) is 2.99. The van der Waals surface area contributed by atoms with Gasteiger partial charge in [-0.3, -0.25) is 0 Å². The van der Waals surface area contributed by atoms with Crippen molar-refractivity contribution in [3.8, 4) is 11.5 Å². The van der Waals surface area contributed by atoms with Crippen LogP contribution in [0.5, 0.6) is 0 Å². The van der Waals surface area contributed by atoms with Crippen molar-refractivity contribution in [3.63, 3.8) is 0 Å². The fraction of sp³-hybridized carbons (Fsp3) is 0.429. The van der Waals surface area contributed by atoms with Crippen LogP contribution < -0.4 is 5.32 Å². The Morgan fingerprint density at radius 2 is 2.26 bits per heavy atom. The van der Waals surface area contributed by atoms with Gasteiger partial charge in [-0.25, -0.2) is 0 Å². The molecule has 0 saturated carbocycles. The number of nitrogens with one attached hydrogen (secondary N) is 1. The molecule has 1 aromatic heterocycles. The third-order valence-electron chi connectivity index (χ3n) is 3.48. The van der Waals surface area contributed by atoms with Crippen LogP contribution in [0.2, 0.25) is 5.02 Å². The molecule has 2 heterocycles. The molecule has 0 bridgehead atoms. The predicted molar refractivity (Wildman–Crippen MR) is 74.1 cm³/mol. The minimum Gasteiger partial charge on any atom is -0.334 e. The summed E-state index contributed by atoms with van der Waals surface area (Å²) in [5.41, 5.74) is 1.91. The minimum absolute atomic E-state index is 0.215. The van der Waals surface area contributed by atoms with E-state index in [4.69, 9.17) is 16.1 Å². The molecule has 5 heteroatoms. The van der Waals surface area contributed by atoms with Gasteiger partial charge in [0.25, 0.3) is 5.89 Å². The molecule has 1 unspecified atom stereocenters. The van der Waals surface area contributed by atoms with Gasteiger partial charge in [-0.1, -0.05) is 29.2 Å². The van der Waals surface area contributed by atoms with Crippen LogP contribution in [0.15, 0.2) is 22.7 Å². The van der Waals surface area contributed by atoms with Gasteiger partial charge >= 0.3 is 0 Å². The molecule has 0 radical (unpaired) electrons. The van der Waals surface area contributed by atoms with E-state index in [1.165, 1.54) is 12.8 Å². The minimum atomic E-state index is 0.215. The van der Waals surface area contributed by atoms with Crippen LogP contribution in [0.25, 0.3) is 11.5 Å². The molecule has 1 N–H and O–H groups in total. The van der Waals surface area contributed by atoms with Crippen molar-refractivity contribution in [2.75, 3.05) is 6.54 Å². The van der Waals surface area contributed by atoms with E-state index in [-0.39, 0.29) is 6.04 Å². The van der Waals surface area contributed by atoms with E-state index in [1.807, 2.05) is 25.1 Å². The van der Waals surface area contributed by atoms with Gasteiger partial charge in [0, 0.05) is 10.6 Å². The zero-order chi connectivity index (χ0) is 13.2. The van der Waals surface area contributed by atoms with Crippen LogP contribution in [-0.4, -0.2) is 16.7 Å². The number of halogens is 1. The molecule has 1 aliphatic heterocycles. The molecule has 1 aromatic carbocycles. The van der Waals surface area contributed by atoms with Crippen molar-refractivity contribution in [2.24, 2.45) is 0 Å². The molecule has 100 valence electrons. The first-order chi connectivity index (χ1) is 9.24. The molecular weight excluding hydrogens is 262 g/mol. The van der Waals surface area contributed by atoms with Gasteiger partial charge in [0.15, 0.2) is 5.82 Å². The highest BCUT2D eigenvalue weighted by Gasteiger charge is 2.20. The highest BCUT2D eigenvalue weighted by molar-refractivity contribution is 6.31. The maximum atomic E-state index is 6.12. The summed E-state index contributed by atoms with van der Waals surface area (Å²) < 4.78 is 5.34. The van der Waals surface area contributed by atoms with Gasteiger partial charge in [-0.15, -0.1) is 0 Å². The van der Waals surface area contributed by atoms with Gasteiger partial charge in [-0.05, 0) is 44.0 Å². The molecule has 1 saturated heterocycles. The Labute approximate surface area is 117 Å². The SMILES string of the molecule is Cc1ccc(-c2nc(C3CCCCN3)no2)cc1Cl. The van der Waals surface area contributed by atoms with E-state index in [0.29, 0.717) is 10.9 Å². The first-order valence-corrected chi connectivity index (χ1v) is 6.95. The first-order valence-electron chi connectivity index (χ1n) is 6.57. The van der Waals surface area contributed by atoms with Crippen molar-refractivity contribution < 1.29 is 4.52 Å². The molecular formula is C14H16ClN3O. The second kappa shape index (κ2) is 5.31. The van der Waals surface area contributed by atoms with Gasteiger partial charge in [0.1, 0.15) is 0 Å². The quantitative estimate of drug-likeness (QED) is 0.913. The van der Waals surface area contributed by atoms with E-state index in [1.54, 1.807) is 0 Å². The molecule has 4 nitrogen and oxygen atoms in total. The number of aromatic nitrogens is 2. The molecule has 1 fully saturated rings. The average molecular weight is 278 g/mol. The Morgan fingerprint density at radius 1 is 1.37 bits per heavy atom. The van der Waals surface area contributed by atoms with Gasteiger partial charge in [0.2, 0.25) is 0 Å². The summed E-state index contributed by atoms with van der Waals surface area (Å²) in [5.74, 6) is 1.27. The number of aryl methyl sites for hydroxylation is 1. The summed E-state index contributed by atoms with van der Waals surface area (Å²) >= 11 is 6.12. The van der Waals surface area contributed by atoms with E-state index < -0.39 is 0 Å². The Bertz CT molecular complexity index is 576. The summed E-state index contributed by atoms with van der Waals surface area (Å²) in [6, 6.07) is 5.99. The zero-order valence-electron chi connectivity index (χ0n) is 10.8. The fourth-order valence-electron chi connectivity index (χ4n) is 2.29. The molecule has 19 heavy (non-hydrogen) atoms. The van der Waals surface area contributed by atoms with E-state index in [9.17, 15) is 0 Å². The number of hydrogen-bond donors (Lipinski definition) is 1. The lowest BCUT2D eigenvalue weighted by Gasteiger charge is -2.19. The third-order valence-corrected chi connectivity index (χ3v) is 3.89. The lowest BCUT2D eigenvalue weighted by molar-refractivity contribution is 0.367. The first kappa shape index (κ1) is 12.6. The van der Waals surface area contributed by atoms with Crippen LogP contribution >= 0.6 is 11.6 Å². The van der Waals surface area contributed by atoms with Gasteiger partial charge in [-0.2, -0.15) is 4.98 Å². The molecule has 0 aliphatic carbocycles. The smallest absolute Gasteiger partial charge is 0.258 e. The Morgan fingerprint density at radius 3 is 3.00 bits per heavy atom. The summed E-state index contributed by atoms with van der Waals surface area (Å²) in [7, 11) is 0. The van der Waals surface area contributed by atoms with E-state index in [0.717, 1.165) is 29.9 Å².